The molecule has 2 aromatic rings. The van der Waals surface area contributed by atoms with Crippen LogP contribution >= 0.6 is 0 Å². The summed E-state index contributed by atoms with van der Waals surface area (Å²) in [7, 11) is 0. The average Bonchev–Trinajstić information content (AvgIpc) is 2.64. The van der Waals surface area contributed by atoms with Crippen LogP contribution in [-0.2, 0) is 4.79 Å². The monoisotopic (exact) mass is 340 g/mol. The van der Waals surface area contributed by atoms with Crippen LogP contribution < -0.4 is 20.1 Å². The summed E-state index contributed by atoms with van der Waals surface area (Å²) in [4.78, 5) is 23.6. The number of Topliss-reactive ketones (excluding diaryl/α,β-unsaturated/α-hetero) is 1. The number of ketones is 1. The van der Waals surface area contributed by atoms with Gasteiger partial charge < -0.3 is 20.1 Å². The second-order valence-corrected chi connectivity index (χ2v) is 5.76. The first-order chi connectivity index (χ1) is 12.1. The maximum Gasteiger partial charge on any atom is 0.239 e. The lowest BCUT2D eigenvalue weighted by molar-refractivity contribution is -0.119. The van der Waals surface area contributed by atoms with Crippen LogP contribution in [0.25, 0.3) is 0 Å². The average molecular weight is 340 g/mol. The molecular formula is C19H20N2O4. The summed E-state index contributed by atoms with van der Waals surface area (Å²) in [5, 5.41) is 5.80. The number of hydrogen-bond donors (Lipinski definition) is 2. The van der Waals surface area contributed by atoms with Crippen molar-refractivity contribution >= 4 is 17.4 Å². The number of rotatable bonds is 6. The molecule has 130 valence electrons. The molecule has 0 aliphatic carbocycles. The zero-order chi connectivity index (χ0) is 17.6. The number of benzene rings is 2. The van der Waals surface area contributed by atoms with Crippen molar-refractivity contribution < 1.29 is 19.1 Å². The molecule has 0 saturated heterocycles. The van der Waals surface area contributed by atoms with Crippen LogP contribution in [0, 0.1) is 0 Å². The SMILES string of the molecule is CC(=O)c1ccccc1NCC(=O)NC[C@@H]1COc2ccccc2O1. The van der Waals surface area contributed by atoms with E-state index in [0.29, 0.717) is 35.9 Å². The van der Waals surface area contributed by atoms with Gasteiger partial charge in [0, 0.05) is 11.3 Å². The standard InChI is InChI=1S/C19H20N2O4/c1-13(22)15-6-2-3-7-16(15)20-11-19(23)21-10-14-12-24-17-8-4-5-9-18(17)25-14/h2-9,14,20H,10-12H2,1H3,(H,21,23)/t14-/m1/s1. The van der Waals surface area contributed by atoms with Gasteiger partial charge in [-0.3, -0.25) is 9.59 Å². The lowest BCUT2D eigenvalue weighted by Crippen LogP contribution is -2.42. The van der Waals surface area contributed by atoms with E-state index in [2.05, 4.69) is 10.6 Å². The molecular weight excluding hydrogens is 320 g/mol. The number of ether oxygens (including phenoxy) is 2. The fourth-order valence-corrected chi connectivity index (χ4v) is 2.57. The Morgan fingerprint density at radius 1 is 1.08 bits per heavy atom. The van der Waals surface area contributed by atoms with E-state index in [1.807, 2.05) is 30.3 Å². The van der Waals surface area contributed by atoms with Crippen molar-refractivity contribution in [3.05, 3.63) is 54.1 Å². The van der Waals surface area contributed by atoms with Gasteiger partial charge in [0.2, 0.25) is 5.91 Å². The predicted octanol–water partition coefficient (Wildman–Crippen LogP) is 2.26. The third-order valence-electron chi connectivity index (χ3n) is 3.84. The van der Waals surface area contributed by atoms with Crippen molar-refractivity contribution in [2.45, 2.75) is 13.0 Å². The first-order valence-electron chi connectivity index (χ1n) is 8.12. The summed E-state index contributed by atoms with van der Waals surface area (Å²) < 4.78 is 11.4. The molecule has 1 aliphatic heterocycles. The second-order valence-electron chi connectivity index (χ2n) is 5.76. The molecule has 0 bridgehead atoms. The highest BCUT2D eigenvalue weighted by Gasteiger charge is 2.21. The van der Waals surface area contributed by atoms with Crippen LogP contribution in [0.15, 0.2) is 48.5 Å². The summed E-state index contributed by atoms with van der Waals surface area (Å²) in [6.45, 7) is 2.31. The van der Waals surface area contributed by atoms with Crippen molar-refractivity contribution in [2.24, 2.45) is 0 Å². The van der Waals surface area contributed by atoms with E-state index in [4.69, 9.17) is 9.47 Å². The Hall–Kier alpha value is -3.02. The molecule has 3 rings (SSSR count). The zero-order valence-corrected chi connectivity index (χ0v) is 14.0. The molecule has 1 atom stereocenters. The smallest absolute Gasteiger partial charge is 0.239 e. The number of carbonyl (C=O) groups excluding carboxylic acids is 2. The highest BCUT2D eigenvalue weighted by molar-refractivity contribution is 6.00. The van der Waals surface area contributed by atoms with Gasteiger partial charge in [-0.2, -0.15) is 0 Å². The predicted molar refractivity (Wildman–Crippen MR) is 94.3 cm³/mol. The summed E-state index contributed by atoms with van der Waals surface area (Å²) in [5.74, 6) is 1.17. The molecule has 1 amide bonds. The molecule has 25 heavy (non-hydrogen) atoms. The normalized spacial score (nSPS) is 15.3. The van der Waals surface area contributed by atoms with E-state index in [9.17, 15) is 9.59 Å². The Bertz CT molecular complexity index is 776. The van der Waals surface area contributed by atoms with Crippen LogP contribution in [0.1, 0.15) is 17.3 Å². The molecule has 1 aliphatic rings. The first-order valence-corrected chi connectivity index (χ1v) is 8.12. The van der Waals surface area contributed by atoms with Gasteiger partial charge in [-0.1, -0.05) is 24.3 Å². The highest BCUT2D eigenvalue weighted by Crippen LogP contribution is 2.30. The van der Waals surface area contributed by atoms with Crippen LogP contribution in [0.3, 0.4) is 0 Å². The maximum absolute atomic E-state index is 12.0. The van der Waals surface area contributed by atoms with E-state index in [-0.39, 0.29) is 24.3 Å². The maximum atomic E-state index is 12.0. The summed E-state index contributed by atoms with van der Waals surface area (Å²) in [5.41, 5.74) is 1.22. The van der Waals surface area contributed by atoms with E-state index in [1.165, 1.54) is 6.92 Å². The molecule has 0 spiro atoms. The quantitative estimate of drug-likeness (QED) is 0.789. The molecule has 1 heterocycles. The lowest BCUT2D eigenvalue weighted by atomic mass is 10.1. The van der Waals surface area contributed by atoms with Gasteiger partial charge in [0.15, 0.2) is 17.3 Å². The Labute approximate surface area is 146 Å². The number of hydrogen-bond acceptors (Lipinski definition) is 5. The van der Waals surface area contributed by atoms with Gasteiger partial charge >= 0.3 is 0 Å². The minimum Gasteiger partial charge on any atom is -0.486 e. The van der Waals surface area contributed by atoms with Crippen molar-refractivity contribution in [3.63, 3.8) is 0 Å². The molecule has 2 N–H and O–H groups in total. The van der Waals surface area contributed by atoms with Gasteiger partial charge in [-0.25, -0.2) is 0 Å². The van der Waals surface area contributed by atoms with Crippen molar-refractivity contribution in [3.8, 4) is 11.5 Å². The third-order valence-corrected chi connectivity index (χ3v) is 3.84. The van der Waals surface area contributed by atoms with E-state index < -0.39 is 0 Å². The number of para-hydroxylation sites is 3. The van der Waals surface area contributed by atoms with Crippen LogP contribution in [0.5, 0.6) is 11.5 Å². The minimum absolute atomic E-state index is 0.0464. The van der Waals surface area contributed by atoms with E-state index >= 15 is 0 Å². The highest BCUT2D eigenvalue weighted by atomic mass is 16.6. The lowest BCUT2D eigenvalue weighted by Gasteiger charge is -2.26. The Morgan fingerprint density at radius 2 is 1.80 bits per heavy atom. The van der Waals surface area contributed by atoms with Crippen molar-refractivity contribution in [2.75, 3.05) is 25.0 Å². The molecule has 0 saturated carbocycles. The zero-order valence-electron chi connectivity index (χ0n) is 14.0. The van der Waals surface area contributed by atoms with Gasteiger partial charge in [0.05, 0.1) is 13.1 Å². The largest absolute Gasteiger partial charge is 0.486 e. The van der Waals surface area contributed by atoms with Gasteiger partial charge in [0.1, 0.15) is 12.7 Å². The Kier molecular flexibility index (Phi) is 5.18. The summed E-state index contributed by atoms with van der Waals surface area (Å²) >= 11 is 0. The third kappa shape index (κ3) is 4.29. The van der Waals surface area contributed by atoms with Gasteiger partial charge in [-0.15, -0.1) is 0 Å². The van der Waals surface area contributed by atoms with E-state index in [0.717, 1.165) is 0 Å². The number of anilines is 1. The Morgan fingerprint density at radius 3 is 2.60 bits per heavy atom. The molecule has 0 aromatic heterocycles. The van der Waals surface area contributed by atoms with E-state index in [1.54, 1.807) is 18.2 Å². The number of amides is 1. The van der Waals surface area contributed by atoms with Crippen molar-refractivity contribution in [1.82, 2.24) is 5.32 Å². The molecule has 0 unspecified atom stereocenters. The minimum atomic E-state index is -0.233. The topological polar surface area (TPSA) is 76.7 Å². The number of fused-ring (bicyclic) bond motifs is 1. The van der Waals surface area contributed by atoms with Crippen LogP contribution in [-0.4, -0.2) is 37.5 Å². The second kappa shape index (κ2) is 7.70. The molecule has 6 heteroatoms. The number of nitrogens with one attached hydrogen (secondary N) is 2. The molecule has 0 radical (unpaired) electrons. The molecule has 0 fully saturated rings. The van der Waals surface area contributed by atoms with Crippen LogP contribution in [0.2, 0.25) is 0 Å². The fourth-order valence-electron chi connectivity index (χ4n) is 2.57. The summed E-state index contributed by atoms with van der Waals surface area (Å²) in [6, 6.07) is 14.6. The molecule has 2 aromatic carbocycles. The fraction of sp³-hybridized carbons (Fsp3) is 0.263. The molecule has 6 nitrogen and oxygen atoms in total. The summed E-state index contributed by atoms with van der Waals surface area (Å²) in [6.07, 6.45) is -0.233. The Balaban J connectivity index is 1.47. The van der Waals surface area contributed by atoms with Gasteiger partial charge in [-0.05, 0) is 31.2 Å². The van der Waals surface area contributed by atoms with Gasteiger partial charge in [0.25, 0.3) is 0 Å². The number of carbonyl (C=O) groups is 2. The first kappa shape index (κ1) is 16.8. The van der Waals surface area contributed by atoms with Crippen LogP contribution in [0.4, 0.5) is 5.69 Å². The van der Waals surface area contributed by atoms with Crippen molar-refractivity contribution in [1.29, 1.82) is 0 Å².